The van der Waals surface area contributed by atoms with Crippen LogP contribution < -0.4 is 33.6 Å². The summed E-state index contributed by atoms with van der Waals surface area (Å²) in [4.78, 5) is 12.9. The molecule has 0 radical (unpaired) electrons. The second-order valence-corrected chi connectivity index (χ2v) is 10.2. The van der Waals surface area contributed by atoms with Crippen LogP contribution in [-0.2, 0) is 25.4 Å². The summed E-state index contributed by atoms with van der Waals surface area (Å²) in [5.41, 5.74) is 24.5. The monoisotopic (exact) mass is 554 g/mol. The summed E-state index contributed by atoms with van der Waals surface area (Å²) in [6, 6.07) is 6.94. The molecule has 1 saturated carbocycles. The van der Waals surface area contributed by atoms with Gasteiger partial charge in [-0.3, -0.25) is 4.79 Å². The van der Waals surface area contributed by atoms with Crippen molar-refractivity contribution in [1.29, 1.82) is 0 Å². The number of nitrogens with two attached hydrogens (primary N) is 4. The zero-order chi connectivity index (χ0) is 28.4. The Morgan fingerprint density at radius 2 is 1.74 bits per heavy atom. The molecular weight excluding hydrogens is 508 g/mol. The van der Waals surface area contributed by atoms with Crippen molar-refractivity contribution in [2.75, 3.05) is 32.8 Å². The molecule has 13 heteroatoms. The molecule has 13 N–H and O–H groups in total. The van der Waals surface area contributed by atoms with E-state index in [-0.39, 0.29) is 31.9 Å². The topological polar surface area (TPSA) is 234 Å². The molecule has 0 spiro atoms. The number of ether oxygens (including phenoxy) is 3. The Kier molecular flexibility index (Phi) is 12.9. The zero-order valence-electron chi connectivity index (χ0n) is 22.3. The molecule has 1 heterocycles. The van der Waals surface area contributed by atoms with E-state index in [9.17, 15) is 20.1 Å². The van der Waals surface area contributed by atoms with Crippen LogP contribution in [0.2, 0.25) is 0 Å². The molecule has 10 atom stereocenters. The maximum absolute atomic E-state index is 12.9. The van der Waals surface area contributed by atoms with Gasteiger partial charge in [-0.1, -0.05) is 30.3 Å². The summed E-state index contributed by atoms with van der Waals surface area (Å²) < 4.78 is 17.8. The molecule has 1 saturated heterocycles. The van der Waals surface area contributed by atoms with Crippen LogP contribution in [0.15, 0.2) is 30.3 Å². The normalized spacial score (nSPS) is 35.1. The van der Waals surface area contributed by atoms with Crippen LogP contribution in [0.5, 0.6) is 0 Å². The summed E-state index contributed by atoms with van der Waals surface area (Å²) in [7, 11) is 0. The zero-order valence-corrected chi connectivity index (χ0v) is 22.3. The minimum atomic E-state index is -1.34. The van der Waals surface area contributed by atoms with Gasteiger partial charge >= 0.3 is 0 Å². The lowest BCUT2D eigenvalue weighted by atomic mass is 9.83. The molecule has 4 unspecified atom stereocenters. The molecule has 39 heavy (non-hydrogen) atoms. The van der Waals surface area contributed by atoms with Gasteiger partial charge in [-0.25, -0.2) is 0 Å². The van der Waals surface area contributed by atoms with Gasteiger partial charge in [-0.15, -0.1) is 0 Å². The molecule has 2 fully saturated rings. The number of unbranched alkanes of at least 4 members (excludes halogenated alkanes) is 1. The maximum atomic E-state index is 12.9. The number of aliphatic hydroxyl groups excluding tert-OH is 3. The van der Waals surface area contributed by atoms with E-state index in [0.29, 0.717) is 13.1 Å². The lowest BCUT2D eigenvalue weighted by Crippen LogP contribution is -2.68. The average molecular weight is 555 g/mol. The van der Waals surface area contributed by atoms with E-state index in [4.69, 9.17) is 37.1 Å². The third-order valence-corrected chi connectivity index (χ3v) is 7.24. The number of rotatable bonds is 14. The second-order valence-electron chi connectivity index (χ2n) is 10.2. The number of aliphatic hydroxyl groups is 3. The van der Waals surface area contributed by atoms with Gasteiger partial charge < -0.3 is 63.1 Å². The summed E-state index contributed by atoms with van der Waals surface area (Å²) >= 11 is 0. The van der Waals surface area contributed by atoms with Crippen molar-refractivity contribution in [3.63, 3.8) is 0 Å². The van der Waals surface area contributed by atoms with E-state index in [1.165, 1.54) is 0 Å². The fraction of sp³-hybridized carbons (Fsp3) is 0.731. The van der Waals surface area contributed by atoms with Crippen molar-refractivity contribution < 1.29 is 34.3 Å². The third-order valence-electron chi connectivity index (χ3n) is 7.24. The summed E-state index contributed by atoms with van der Waals surface area (Å²) in [6.07, 6.45) is -5.45. The van der Waals surface area contributed by atoms with Gasteiger partial charge in [0.15, 0.2) is 6.29 Å². The first-order chi connectivity index (χ1) is 18.8. The third kappa shape index (κ3) is 8.87. The Morgan fingerprint density at radius 3 is 2.44 bits per heavy atom. The van der Waals surface area contributed by atoms with E-state index in [2.05, 4.69) is 10.6 Å². The van der Waals surface area contributed by atoms with E-state index < -0.39 is 61.0 Å². The highest BCUT2D eigenvalue weighted by Gasteiger charge is 2.49. The van der Waals surface area contributed by atoms with Gasteiger partial charge in [0.1, 0.15) is 36.6 Å². The number of carbonyl (C=O) groups excluding carboxylic acids is 1. The predicted octanol–water partition coefficient (Wildman–Crippen LogP) is -3.36. The summed E-state index contributed by atoms with van der Waals surface area (Å²) in [5, 5.41) is 38.1. The van der Waals surface area contributed by atoms with Crippen LogP contribution in [-0.4, -0.2) is 115 Å². The number of amides is 1. The van der Waals surface area contributed by atoms with E-state index >= 15 is 0 Å². The minimum absolute atomic E-state index is 0.0659. The smallest absolute Gasteiger partial charge is 0.224 e. The van der Waals surface area contributed by atoms with E-state index in [1.54, 1.807) is 0 Å². The largest absolute Gasteiger partial charge is 0.388 e. The van der Waals surface area contributed by atoms with E-state index in [0.717, 1.165) is 24.9 Å². The van der Waals surface area contributed by atoms with Crippen LogP contribution in [0.3, 0.4) is 0 Å². The highest BCUT2D eigenvalue weighted by molar-refractivity contribution is 5.79. The fourth-order valence-corrected chi connectivity index (χ4v) is 5.03. The molecule has 1 amide bonds. The predicted molar refractivity (Wildman–Crippen MR) is 144 cm³/mol. The molecule has 13 nitrogen and oxygen atoms in total. The standard InChI is InChI=1S/C26H46N6O7/c27-8-4-5-9-31-10-11-37-25-17(32-19(33)12-15-6-2-1-3-7-15)13-16(29)24(23(25)36)39-26-20(30)22(35)21(34)18(14-28)38-26/h1-3,6-7,16-18,20-26,31,34-36H,4-5,8-14,27-30H2,(H,32,33)/t16?,17-,18?,20?,21-,22-,23+,24-,25?,26-/m1/s1. The van der Waals surface area contributed by atoms with Crippen molar-refractivity contribution in [3.8, 4) is 0 Å². The number of hydrogen-bond acceptors (Lipinski definition) is 12. The SMILES string of the molecule is NCCCCNCCOC1[C@@H](O)[C@H](O[C@H]2OC(CN)[C@@H](O)[C@H](O)C2N)C(N)C[C@H]1NC(=O)Cc1ccccc1. The van der Waals surface area contributed by atoms with Crippen molar-refractivity contribution in [2.45, 2.75) is 86.7 Å². The molecule has 1 aromatic carbocycles. The van der Waals surface area contributed by atoms with Gasteiger partial charge in [-0.05, 0) is 37.9 Å². The average Bonchev–Trinajstić information content (AvgIpc) is 2.92. The van der Waals surface area contributed by atoms with Crippen LogP contribution in [0.25, 0.3) is 0 Å². The Bertz CT molecular complexity index is 853. The molecule has 3 rings (SSSR count). The molecule has 222 valence electrons. The highest BCUT2D eigenvalue weighted by Crippen LogP contribution is 2.29. The van der Waals surface area contributed by atoms with Gasteiger partial charge in [0.2, 0.25) is 5.91 Å². The van der Waals surface area contributed by atoms with Crippen molar-refractivity contribution in [1.82, 2.24) is 10.6 Å². The fourth-order valence-electron chi connectivity index (χ4n) is 5.03. The molecular formula is C26H46N6O7. The second kappa shape index (κ2) is 15.9. The van der Waals surface area contributed by atoms with Crippen molar-refractivity contribution in [2.24, 2.45) is 22.9 Å². The number of benzene rings is 1. The van der Waals surface area contributed by atoms with Crippen LogP contribution >= 0.6 is 0 Å². The lowest BCUT2D eigenvalue weighted by molar-refractivity contribution is -0.289. The van der Waals surface area contributed by atoms with Gasteiger partial charge in [0.25, 0.3) is 0 Å². The molecule has 0 bridgehead atoms. The summed E-state index contributed by atoms with van der Waals surface area (Å²) in [5.74, 6) is -0.223. The first kappa shape index (κ1) is 31.8. The molecule has 1 aliphatic carbocycles. The van der Waals surface area contributed by atoms with E-state index in [1.807, 2.05) is 30.3 Å². The molecule has 1 aromatic rings. The molecule has 1 aliphatic heterocycles. The number of carbonyl (C=O) groups is 1. The summed E-state index contributed by atoms with van der Waals surface area (Å²) in [6.45, 7) is 2.17. The minimum Gasteiger partial charge on any atom is -0.388 e. The van der Waals surface area contributed by atoms with Crippen LogP contribution in [0, 0.1) is 0 Å². The quantitative estimate of drug-likeness (QED) is 0.103. The van der Waals surface area contributed by atoms with Gasteiger partial charge in [0.05, 0.1) is 25.1 Å². The highest BCUT2D eigenvalue weighted by atomic mass is 16.7. The van der Waals surface area contributed by atoms with Gasteiger partial charge in [0, 0.05) is 19.1 Å². The van der Waals surface area contributed by atoms with Crippen molar-refractivity contribution >= 4 is 5.91 Å². The Labute approximate surface area is 229 Å². The van der Waals surface area contributed by atoms with Gasteiger partial charge in [-0.2, -0.15) is 0 Å². The van der Waals surface area contributed by atoms with Crippen molar-refractivity contribution in [3.05, 3.63) is 35.9 Å². The van der Waals surface area contributed by atoms with Crippen LogP contribution in [0.4, 0.5) is 0 Å². The Balaban J connectivity index is 1.67. The molecule has 0 aromatic heterocycles. The Morgan fingerprint density at radius 1 is 1.00 bits per heavy atom. The first-order valence-corrected chi connectivity index (χ1v) is 13.7. The number of hydrogen-bond donors (Lipinski definition) is 9. The lowest BCUT2D eigenvalue weighted by Gasteiger charge is -2.47. The first-order valence-electron chi connectivity index (χ1n) is 13.7. The molecule has 2 aliphatic rings. The Hall–Kier alpha value is -1.75. The number of nitrogens with one attached hydrogen (secondary N) is 2. The van der Waals surface area contributed by atoms with Crippen LogP contribution in [0.1, 0.15) is 24.8 Å². The maximum Gasteiger partial charge on any atom is 0.224 e.